The van der Waals surface area contributed by atoms with Gasteiger partial charge in [0.15, 0.2) is 0 Å². The molecule has 0 atom stereocenters. The van der Waals surface area contributed by atoms with Gasteiger partial charge in [-0.25, -0.2) is 0 Å². The minimum Gasteiger partial charge on any atom is -0.369 e. The van der Waals surface area contributed by atoms with Gasteiger partial charge in [-0.2, -0.15) is 0 Å². The third-order valence-corrected chi connectivity index (χ3v) is 3.12. The van der Waals surface area contributed by atoms with E-state index in [0.29, 0.717) is 0 Å². The van der Waals surface area contributed by atoms with Crippen LogP contribution in [0.4, 0.5) is 0 Å². The predicted molar refractivity (Wildman–Crippen MR) is 71.2 cm³/mol. The van der Waals surface area contributed by atoms with Crippen molar-refractivity contribution in [2.24, 2.45) is 0 Å². The van der Waals surface area contributed by atoms with Crippen LogP contribution in [0.1, 0.15) is 16.7 Å². The Morgan fingerprint density at radius 3 is 2.53 bits per heavy atom. The van der Waals surface area contributed by atoms with Gasteiger partial charge in [-0.1, -0.05) is 54.6 Å². The molecular weight excluding hydrogens is 206 g/mol. The van der Waals surface area contributed by atoms with Crippen LogP contribution in [-0.2, 0) is 13.1 Å². The fraction of sp³-hybridized carbons (Fsp3) is 0.125. The van der Waals surface area contributed by atoms with Gasteiger partial charge < -0.3 is 4.90 Å². The lowest BCUT2D eigenvalue weighted by molar-refractivity contribution is 0.359. The van der Waals surface area contributed by atoms with Gasteiger partial charge in [-0.05, 0) is 22.8 Å². The molecule has 0 bridgehead atoms. The zero-order chi connectivity index (χ0) is 11.5. The highest BCUT2D eigenvalue weighted by Gasteiger charge is 2.09. The van der Waals surface area contributed by atoms with Crippen molar-refractivity contribution in [3.63, 3.8) is 0 Å². The number of fused-ring (bicyclic) bond motifs is 1. The first-order valence-corrected chi connectivity index (χ1v) is 5.96. The SMILES string of the molecule is C1=CN(Cc2ccccc2)Cc2ccccc21. The molecule has 2 aromatic rings. The van der Waals surface area contributed by atoms with Crippen LogP contribution in [0, 0.1) is 0 Å². The second kappa shape index (κ2) is 4.46. The average Bonchev–Trinajstić information content (AvgIpc) is 2.40. The van der Waals surface area contributed by atoms with Gasteiger partial charge in [0.25, 0.3) is 0 Å². The molecule has 0 spiro atoms. The lowest BCUT2D eigenvalue weighted by Gasteiger charge is -2.25. The van der Waals surface area contributed by atoms with Crippen molar-refractivity contribution in [3.8, 4) is 0 Å². The number of benzene rings is 2. The molecular formula is C16H15N. The first kappa shape index (κ1) is 10.2. The van der Waals surface area contributed by atoms with Gasteiger partial charge in [0.2, 0.25) is 0 Å². The molecule has 17 heavy (non-hydrogen) atoms. The van der Waals surface area contributed by atoms with Gasteiger partial charge in [-0.15, -0.1) is 0 Å². The van der Waals surface area contributed by atoms with Crippen molar-refractivity contribution in [3.05, 3.63) is 77.5 Å². The minimum atomic E-state index is 0.978. The maximum atomic E-state index is 2.34. The van der Waals surface area contributed by atoms with Gasteiger partial charge >= 0.3 is 0 Å². The van der Waals surface area contributed by atoms with Crippen LogP contribution in [0.5, 0.6) is 0 Å². The molecule has 1 aliphatic heterocycles. The van der Waals surface area contributed by atoms with Gasteiger partial charge in [0.05, 0.1) is 0 Å². The second-order valence-electron chi connectivity index (χ2n) is 4.41. The van der Waals surface area contributed by atoms with E-state index in [9.17, 15) is 0 Å². The molecule has 0 aromatic heterocycles. The molecule has 2 aromatic carbocycles. The van der Waals surface area contributed by atoms with E-state index in [-0.39, 0.29) is 0 Å². The monoisotopic (exact) mass is 221 g/mol. The predicted octanol–water partition coefficient (Wildman–Crippen LogP) is 3.67. The Kier molecular flexibility index (Phi) is 2.66. The van der Waals surface area contributed by atoms with Crippen molar-refractivity contribution in [1.82, 2.24) is 4.90 Å². The molecule has 0 radical (unpaired) electrons. The van der Waals surface area contributed by atoms with E-state index >= 15 is 0 Å². The molecule has 0 aliphatic carbocycles. The van der Waals surface area contributed by atoms with Gasteiger partial charge in [0, 0.05) is 19.3 Å². The Morgan fingerprint density at radius 1 is 0.882 bits per heavy atom. The van der Waals surface area contributed by atoms with Crippen LogP contribution in [0.3, 0.4) is 0 Å². The third-order valence-electron chi connectivity index (χ3n) is 3.12. The minimum absolute atomic E-state index is 0.978. The maximum absolute atomic E-state index is 2.34. The van der Waals surface area contributed by atoms with Gasteiger partial charge in [-0.3, -0.25) is 0 Å². The molecule has 0 unspecified atom stereocenters. The highest BCUT2D eigenvalue weighted by Crippen LogP contribution is 2.20. The van der Waals surface area contributed by atoms with E-state index in [2.05, 4.69) is 71.8 Å². The van der Waals surface area contributed by atoms with E-state index in [1.54, 1.807) is 0 Å². The number of hydrogen-bond acceptors (Lipinski definition) is 1. The molecule has 0 saturated carbocycles. The summed E-state index contributed by atoms with van der Waals surface area (Å²) in [5.74, 6) is 0. The molecule has 1 nitrogen and oxygen atoms in total. The Hall–Kier alpha value is -2.02. The highest BCUT2D eigenvalue weighted by molar-refractivity contribution is 5.55. The molecule has 1 heteroatoms. The van der Waals surface area contributed by atoms with Crippen LogP contribution in [0.15, 0.2) is 60.8 Å². The smallest absolute Gasteiger partial charge is 0.0433 e. The van der Waals surface area contributed by atoms with E-state index in [0.717, 1.165) is 13.1 Å². The third kappa shape index (κ3) is 2.23. The van der Waals surface area contributed by atoms with Crippen molar-refractivity contribution in [2.45, 2.75) is 13.1 Å². The Bertz CT molecular complexity index is 528. The lowest BCUT2D eigenvalue weighted by atomic mass is 10.0. The van der Waals surface area contributed by atoms with Crippen LogP contribution in [-0.4, -0.2) is 4.90 Å². The fourth-order valence-electron chi connectivity index (χ4n) is 2.22. The second-order valence-corrected chi connectivity index (χ2v) is 4.41. The van der Waals surface area contributed by atoms with Gasteiger partial charge in [0.1, 0.15) is 0 Å². The Balaban J connectivity index is 1.77. The normalized spacial score (nSPS) is 13.5. The van der Waals surface area contributed by atoms with Crippen LogP contribution in [0.2, 0.25) is 0 Å². The topological polar surface area (TPSA) is 3.24 Å². The highest BCUT2D eigenvalue weighted by atomic mass is 15.1. The van der Waals surface area contributed by atoms with Crippen molar-refractivity contribution in [1.29, 1.82) is 0 Å². The molecule has 0 fully saturated rings. The standard InChI is InChI=1S/C16H15N/c1-2-6-14(7-3-1)12-17-11-10-15-8-4-5-9-16(15)13-17/h1-11H,12-13H2. The van der Waals surface area contributed by atoms with Crippen LogP contribution >= 0.6 is 0 Å². The summed E-state index contributed by atoms with van der Waals surface area (Å²) < 4.78 is 0. The number of hydrogen-bond donors (Lipinski definition) is 0. The van der Waals surface area contributed by atoms with Crippen molar-refractivity contribution >= 4 is 6.08 Å². The summed E-state index contributed by atoms with van der Waals surface area (Å²) in [6, 6.07) is 19.2. The summed E-state index contributed by atoms with van der Waals surface area (Å²) in [5.41, 5.74) is 4.11. The lowest BCUT2D eigenvalue weighted by Crippen LogP contribution is -2.19. The Labute approximate surface area is 102 Å². The first-order chi connectivity index (χ1) is 8.42. The molecule has 84 valence electrons. The van der Waals surface area contributed by atoms with Crippen molar-refractivity contribution < 1.29 is 0 Å². The Morgan fingerprint density at radius 2 is 1.65 bits per heavy atom. The zero-order valence-corrected chi connectivity index (χ0v) is 9.71. The first-order valence-electron chi connectivity index (χ1n) is 5.96. The van der Waals surface area contributed by atoms with E-state index in [1.165, 1.54) is 16.7 Å². The zero-order valence-electron chi connectivity index (χ0n) is 9.71. The molecule has 1 aliphatic rings. The summed E-state index contributed by atoms with van der Waals surface area (Å²) in [6.07, 6.45) is 4.39. The number of rotatable bonds is 2. The molecule has 3 rings (SSSR count). The summed E-state index contributed by atoms with van der Waals surface area (Å²) in [7, 11) is 0. The maximum Gasteiger partial charge on any atom is 0.0433 e. The molecule has 1 heterocycles. The average molecular weight is 221 g/mol. The molecule has 0 saturated heterocycles. The summed E-state index contributed by atoms with van der Waals surface area (Å²) in [4.78, 5) is 2.34. The van der Waals surface area contributed by atoms with Crippen LogP contribution < -0.4 is 0 Å². The molecule has 0 amide bonds. The van der Waals surface area contributed by atoms with E-state index in [4.69, 9.17) is 0 Å². The quantitative estimate of drug-likeness (QED) is 0.747. The van der Waals surface area contributed by atoms with Crippen molar-refractivity contribution in [2.75, 3.05) is 0 Å². The number of nitrogens with zero attached hydrogens (tertiary/aromatic N) is 1. The fourth-order valence-corrected chi connectivity index (χ4v) is 2.22. The van der Waals surface area contributed by atoms with E-state index < -0.39 is 0 Å². The largest absolute Gasteiger partial charge is 0.369 e. The van der Waals surface area contributed by atoms with Crippen LogP contribution in [0.25, 0.3) is 6.08 Å². The van der Waals surface area contributed by atoms with E-state index in [1.807, 2.05) is 0 Å². The molecule has 0 N–H and O–H groups in total. The summed E-state index contributed by atoms with van der Waals surface area (Å²) in [5, 5.41) is 0. The summed E-state index contributed by atoms with van der Waals surface area (Å²) >= 11 is 0. The summed E-state index contributed by atoms with van der Waals surface area (Å²) in [6.45, 7) is 1.98.